The highest BCUT2D eigenvalue weighted by atomic mass is 16.5. The van der Waals surface area contributed by atoms with E-state index in [2.05, 4.69) is 9.97 Å². The molecule has 1 aromatic heterocycles. The van der Waals surface area contributed by atoms with Crippen molar-refractivity contribution < 1.29 is 19.0 Å². The highest BCUT2D eigenvalue weighted by Crippen LogP contribution is 2.39. The minimum Gasteiger partial charge on any atom is -0.497 e. The molecule has 0 atom stereocenters. The molecular weight excluding hydrogens is 314 g/mol. The third-order valence-electron chi connectivity index (χ3n) is 3.24. The first-order valence-corrected chi connectivity index (χ1v) is 6.64. The van der Waals surface area contributed by atoms with E-state index in [1.54, 1.807) is 0 Å². The maximum Gasteiger partial charge on any atom is 0.338 e. The Morgan fingerprint density at radius 2 is 1.88 bits per heavy atom. The molecule has 2 aromatic rings. The van der Waals surface area contributed by atoms with Gasteiger partial charge in [-0.3, -0.25) is 0 Å². The van der Waals surface area contributed by atoms with Gasteiger partial charge in [-0.2, -0.15) is 10.2 Å². The fourth-order valence-corrected chi connectivity index (χ4v) is 2.17. The molecule has 124 valence electrons. The lowest BCUT2D eigenvalue weighted by atomic mass is 9.99. The van der Waals surface area contributed by atoms with E-state index in [1.807, 2.05) is 6.07 Å². The maximum absolute atomic E-state index is 12.2. The lowest BCUT2D eigenvalue weighted by Gasteiger charge is -2.16. The van der Waals surface area contributed by atoms with Gasteiger partial charge < -0.3 is 25.7 Å². The van der Waals surface area contributed by atoms with Crippen molar-refractivity contribution in [3.05, 3.63) is 23.3 Å². The minimum absolute atomic E-state index is 0.0298. The van der Waals surface area contributed by atoms with Crippen LogP contribution < -0.4 is 20.9 Å². The molecule has 0 aliphatic carbocycles. The summed E-state index contributed by atoms with van der Waals surface area (Å²) in [5.41, 5.74) is 11.7. The third-order valence-corrected chi connectivity index (χ3v) is 3.24. The molecule has 2 rings (SSSR count). The largest absolute Gasteiger partial charge is 0.497 e. The zero-order chi connectivity index (χ0) is 17.9. The van der Waals surface area contributed by atoms with Crippen LogP contribution in [0.1, 0.15) is 15.9 Å². The molecule has 9 heteroatoms. The molecule has 0 unspecified atom stereocenters. The number of nitrogens with two attached hydrogens (primary N) is 2. The van der Waals surface area contributed by atoms with Gasteiger partial charge in [0.25, 0.3) is 0 Å². The van der Waals surface area contributed by atoms with Crippen molar-refractivity contribution in [3.8, 4) is 28.8 Å². The number of nitriles is 1. The Labute approximate surface area is 137 Å². The van der Waals surface area contributed by atoms with Gasteiger partial charge in [-0.15, -0.1) is 0 Å². The predicted molar refractivity (Wildman–Crippen MR) is 85.5 cm³/mol. The summed E-state index contributed by atoms with van der Waals surface area (Å²) in [4.78, 5) is 20.0. The summed E-state index contributed by atoms with van der Waals surface area (Å²) in [5, 5.41) is 9.37. The van der Waals surface area contributed by atoms with Crippen molar-refractivity contribution in [2.75, 3.05) is 32.8 Å². The van der Waals surface area contributed by atoms with Crippen LogP contribution in [0, 0.1) is 11.3 Å². The van der Waals surface area contributed by atoms with Crippen molar-refractivity contribution in [1.82, 2.24) is 9.97 Å². The first-order valence-electron chi connectivity index (χ1n) is 6.64. The maximum atomic E-state index is 12.2. The average Bonchev–Trinajstić information content (AvgIpc) is 2.59. The van der Waals surface area contributed by atoms with Gasteiger partial charge in [-0.1, -0.05) is 0 Å². The van der Waals surface area contributed by atoms with Gasteiger partial charge in [-0.05, 0) is 6.07 Å². The second-order valence-corrected chi connectivity index (χ2v) is 4.55. The van der Waals surface area contributed by atoms with Crippen molar-refractivity contribution in [2.24, 2.45) is 0 Å². The lowest BCUT2D eigenvalue weighted by Crippen LogP contribution is -2.10. The molecule has 1 aromatic carbocycles. The quantitative estimate of drug-likeness (QED) is 0.783. The first-order chi connectivity index (χ1) is 11.5. The summed E-state index contributed by atoms with van der Waals surface area (Å²) in [6.07, 6.45) is 0. The summed E-state index contributed by atoms with van der Waals surface area (Å²) in [5.74, 6) is -0.307. The molecule has 0 amide bonds. The summed E-state index contributed by atoms with van der Waals surface area (Å²) >= 11 is 0. The van der Waals surface area contributed by atoms with Crippen molar-refractivity contribution in [3.63, 3.8) is 0 Å². The Morgan fingerprint density at radius 1 is 1.17 bits per heavy atom. The molecule has 9 nitrogen and oxygen atoms in total. The fraction of sp³-hybridized carbons (Fsp3) is 0.200. The normalized spacial score (nSPS) is 9.92. The number of hydrogen-bond donors (Lipinski definition) is 2. The third kappa shape index (κ3) is 2.85. The zero-order valence-corrected chi connectivity index (χ0v) is 13.3. The van der Waals surface area contributed by atoms with Crippen LogP contribution in [0.15, 0.2) is 12.1 Å². The average molecular weight is 329 g/mol. The first kappa shape index (κ1) is 16.8. The summed E-state index contributed by atoms with van der Waals surface area (Å²) in [6, 6.07) is 4.89. The number of nitrogens with zero attached hydrogens (tertiary/aromatic N) is 3. The van der Waals surface area contributed by atoms with E-state index < -0.39 is 5.97 Å². The van der Waals surface area contributed by atoms with Crippen LogP contribution in [-0.2, 0) is 4.74 Å². The van der Waals surface area contributed by atoms with Crippen molar-refractivity contribution in [1.29, 1.82) is 5.26 Å². The summed E-state index contributed by atoms with van der Waals surface area (Å²) < 4.78 is 15.3. The van der Waals surface area contributed by atoms with Crippen LogP contribution >= 0.6 is 0 Å². The molecule has 1 heterocycles. The van der Waals surface area contributed by atoms with Gasteiger partial charge in [0, 0.05) is 6.07 Å². The molecule has 0 radical (unpaired) electrons. The van der Waals surface area contributed by atoms with Gasteiger partial charge in [-0.25, -0.2) is 9.78 Å². The van der Waals surface area contributed by atoms with Crippen LogP contribution in [0.3, 0.4) is 0 Å². The minimum atomic E-state index is -0.665. The summed E-state index contributed by atoms with van der Waals surface area (Å²) in [6.45, 7) is 0. The smallest absolute Gasteiger partial charge is 0.338 e. The molecule has 0 aliphatic rings. The SMILES string of the molecule is COC(=O)c1cc(OC)cc(OC)c1-c1nc(N)nc(N)c1C#N. The van der Waals surface area contributed by atoms with Crippen LogP contribution in [0.4, 0.5) is 11.8 Å². The molecule has 0 saturated heterocycles. The van der Waals surface area contributed by atoms with Gasteiger partial charge in [0.15, 0.2) is 0 Å². The van der Waals surface area contributed by atoms with Crippen LogP contribution in [0.2, 0.25) is 0 Å². The molecular formula is C15H15N5O4. The van der Waals surface area contributed by atoms with Gasteiger partial charge in [0.05, 0.1) is 32.5 Å². The standard InChI is InChI=1S/C15H15N5O4/c1-22-7-4-8(14(21)24-3)11(10(5-7)23-2)12-9(6-16)13(17)20-15(18)19-12/h4-5H,1-3H3,(H4,17,18,19,20). The molecule has 0 fully saturated rings. The number of benzene rings is 1. The lowest BCUT2D eigenvalue weighted by molar-refractivity contribution is 0.0601. The Hall–Kier alpha value is -3.54. The number of ether oxygens (including phenoxy) is 3. The fourth-order valence-electron chi connectivity index (χ4n) is 2.17. The van der Waals surface area contributed by atoms with E-state index in [4.69, 9.17) is 25.7 Å². The van der Waals surface area contributed by atoms with E-state index in [0.29, 0.717) is 5.75 Å². The number of esters is 1. The molecule has 0 spiro atoms. The van der Waals surface area contributed by atoms with E-state index in [9.17, 15) is 10.1 Å². The molecule has 0 bridgehead atoms. The topological polar surface area (TPSA) is 146 Å². The zero-order valence-electron chi connectivity index (χ0n) is 13.3. The molecule has 0 saturated carbocycles. The number of hydrogen-bond acceptors (Lipinski definition) is 9. The molecule has 0 aliphatic heterocycles. The van der Waals surface area contributed by atoms with Gasteiger partial charge in [0.2, 0.25) is 5.95 Å². The van der Waals surface area contributed by atoms with Gasteiger partial charge in [0.1, 0.15) is 34.6 Å². The Kier molecular flexibility index (Phi) is 4.70. The van der Waals surface area contributed by atoms with Crippen LogP contribution in [0.25, 0.3) is 11.3 Å². The highest BCUT2D eigenvalue weighted by molar-refractivity contribution is 6.00. The Morgan fingerprint density at radius 3 is 2.42 bits per heavy atom. The predicted octanol–water partition coefficient (Wildman–Crippen LogP) is 0.983. The summed E-state index contributed by atoms with van der Waals surface area (Å²) in [7, 11) is 4.07. The van der Waals surface area contributed by atoms with E-state index in [-0.39, 0.29) is 39.9 Å². The van der Waals surface area contributed by atoms with Crippen molar-refractivity contribution in [2.45, 2.75) is 0 Å². The number of methoxy groups -OCH3 is 3. The second kappa shape index (κ2) is 6.70. The van der Waals surface area contributed by atoms with E-state index >= 15 is 0 Å². The number of carbonyl (C=O) groups excluding carboxylic acids is 1. The van der Waals surface area contributed by atoms with Crippen molar-refractivity contribution >= 4 is 17.7 Å². The van der Waals surface area contributed by atoms with Crippen LogP contribution in [-0.4, -0.2) is 37.3 Å². The van der Waals surface area contributed by atoms with Crippen LogP contribution in [0.5, 0.6) is 11.5 Å². The Balaban J connectivity index is 2.93. The molecule has 24 heavy (non-hydrogen) atoms. The molecule has 4 N–H and O–H groups in total. The number of aromatic nitrogens is 2. The number of nitrogen functional groups attached to an aromatic ring is 2. The number of anilines is 2. The highest BCUT2D eigenvalue weighted by Gasteiger charge is 2.25. The second-order valence-electron chi connectivity index (χ2n) is 4.55. The monoisotopic (exact) mass is 329 g/mol. The number of carbonyl (C=O) groups is 1. The van der Waals surface area contributed by atoms with Gasteiger partial charge >= 0.3 is 5.97 Å². The van der Waals surface area contributed by atoms with E-state index in [0.717, 1.165) is 0 Å². The number of rotatable bonds is 4. The Bertz CT molecular complexity index is 845. The van der Waals surface area contributed by atoms with E-state index in [1.165, 1.54) is 33.5 Å².